The lowest BCUT2D eigenvalue weighted by Gasteiger charge is -2.23. The molecule has 0 saturated carbocycles. The van der Waals surface area contributed by atoms with Crippen LogP contribution in [-0.4, -0.2) is 27.0 Å². The number of hydrogen-bond donors (Lipinski definition) is 1. The first-order valence-electron chi connectivity index (χ1n) is 5.75. The van der Waals surface area contributed by atoms with Crippen molar-refractivity contribution in [1.29, 1.82) is 0 Å². The molecule has 1 aromatic rings. The number of sulfone groups is 1. The zero-order valence-electron chi connectivity index (χ0n) is 9.99. The van der Waals surface area contributed by atoms with Crippen molar-refractivity contribution in [1.82, 2.24) is 5.32 Å². The molecule has 0 amide bonds. The molecule has 1 aromatic carbocycles. The molecular weight excluding hydrogens is 338 g/mol. The van der Waals surface area contributed by atoms with Gasteiger partial charge in [-0.2, -0.15) is 0 Å². The van der Waals surface area contributed by atoms with Crippen LogP contribution in [0.25, 0.3) is 0 Å². The summed E-state index contributed by atoms with van der Waals surface area (Å²) in [6.07, 6.45) is 0.701. The Bertz CT molecular complexity index is 547. The Labute approximate surface area is 121 Å². The van der Waals surface area contributed by atoms with E-state index in [2.05, 4.69) is 21.2 Å². The monoisotopic (exact) mass is 351 g/mol. The van der Waals surface area contributed by atoms with E-state index in [1.165, 1.54) is 0 Å². The maximum absolute atomic E-state index is 11.6. The smallest absolute Gasteiger partial charge is 0.150 e. The van der Waals surface area contributed by atoms with E-state index in [1.54, 1.807) is 0 Å². The van der Waals surface area contributed by atoms with Crippen LogP contribution in [0.2, 0.25) is 5.02 Å². The van der Waals surface area contributed by atoms with Gasteiger partial charge >= 0.3 is 0 Å². The second kappa shape index (κ2) is 5.49. The predicted octanol–water partition coefficient (Wildman–Crippen LogP) is 2.80. The molecule has 1 heterocycles. The van der Waals surface area contributed by atoms with E-state index in [0.29, 0.717) is 11.4 Å². The summed E-state index contributed by atoms with van der Waals surface area (Å²) in [4.78, 5) is 0. The molecule has 0 bridgehead atoms. The molecule has 0 aliphatic carbocycles. The van der Waals surface area contributed by atoms with Crippen LogP contribution >= 0.6 is 27.5 Å². The van der Waals surface area contributed by atoms with E-state index >= 15 is 0 Å². The molecule has 2 rings (SSSR count). The maximum Gasteiger partial charge on any atom is 0.150 e. The van der Waals surface area contributed by atoms with Gasteiger partial charge in [0, 0.05) is 15.5 Å². The van der Waals surface area contributed by atoms with Crippen LogP contribution in [-0.2, 0) is 9.84 Å². The van der Waals surface area contributed by atoms with Crippen molar-refractivity contribution in [2.24, 2.45) is 5.92 Å². The summed E-state index contributed by atoms with van der Waals surface area (Å²) in [5.41, 5.74) is 1.02. The highest BCUT2D eigenvalue weighted by Gasteiger charge is 2.34. The van der Waals surface area contributed by atoms with E-state index in [0.717, 1.165) is 10.0 Å². The Kier molecular flexibility index (Phi) is 4.36. The third kappa shape index (κ3) is 3.07. The Morgan fingerprint density at radius 3 is 2.78 bits per heavy atom. The summed E-state index contributed by atoms with van der Waals surface area (Å²) < 4.78 is 24.1. The predicted molar refractivity (Wildman–Crippen MR) is 77.7 cm³/mol. The molecule has 6 heteroatoms. The SMILES string of the molecule is CNC(c1cc(Cl)ccc1Br)C1CCS(=O)(=O)C1. The van der Waals surface area contributed by atoms with Gasteiger partial charge in [0.25, 0.3) is 0 Å². The minimum absolute atomic E-state index is 0.00958. The molecule has 1 saturated heterocycles. The van der Waals surface area contributed by atoms with Gasteiger partial charge < -0.3 is 5.32 Å². The van der Waals surface area contributed by atoms with Crippen LogP contribution in [0, 0.1) is 5.92 Å². The largest absolute Gasteiger partial charge is 0.313 e. The van der Waals surface area contributed by atoms with Crippen molar-refractivity contribution < 1.29 is 8.42 Å². The lowest BCUT2D eigenvalue weighted by molar-refractivity contribution is 0.417. The van der Waals surface area contributed by atoms with Gasteiger partial charge in [-0.15, -0.1) is 0 Å². The second-order valence-corrected chi connectivity index (χ2v) is 8.11. The van der Waals surface area contributed by atoms with Gasteiger partial charge in [-0.25, -0.2) is 8.42 Å². The zero-order valence-corrected chi connectivity index (χ0v) is 13.1. The molecule has 0 spiro atoms. The Hall–Kier alpha value is -0.100. The molecule has 0 aromatic heterocycles. The van der Waals surface area contributed by atoms with Crippen molar-refractivity contribution in [2.45, 2.75) is 12.5 Å². The van der Waals surface area contributed by atoms with Crippen molar-refractivity contribution in [3.05, 3.63) is 33.3 Å². The van der Waals surface area contributed by atoms with E-state index in [9.17, 15) is 8.42 Å². The fraction of sp³-hybridized carbons (Fsp3) is 0.500. The average molecular weight is 353 g/mol. The third-order valence-corrected chi connectivity index (χ3v) is 6.09. The highest BCUT2D eigenvalue weighted by Crippen LogP contribution is 2.35. The molecule has 1 N–H and O–H groups in total. The Morgan fingerprint density at radius 2 is 2.22 bits per heavy atom. The van der Waals surface area contributed by atoms with Crippen LogP contribution in [0.3, 0.4) is 0 Å². The van der Waals surface area contributed by atoms with Gasteiger partial charge in [-0.05, 0) is 43.1 Å². The van der Waals surface area contributed by atoms with Gasteiger partial charge in [0.05, 0.1) is 11.5 Å². The molecule has 18 heavy (non-hydrogen) atoms. The molecule has 100 valence electrons. The summed E-state index contributed by atoms with van der Waals surface area (Å²) in [7, 11) is -1.02. The van der Waals surface area contributed by atoms with Gasteiger partial charge in [0.15, 0.2) is 9.84 Å². The molecule has 0 radical (unpaired) electrons. The van der Waals surface area contributed by atoms with Crippen LogP contribution in [0.5, 0.6) is 0 Å². The Morgan fingerprint density at radius 1 is 1.50 bits per heavy atom. The molecule has 1 fully saturated rings. The van der Waals surface area contributed by atoms with E-state index in [4.69, 9.17) is 11.6 Å². The molecule has 2 unspecified atom stereocenters. The quantitative estimate of drug-likeness (QED) is 0.910. The summed E-state index contributed by atoms with van der Waals surface area (Å²) in [5.74, 6) is 0.639. The summed E-state index contributed by atoms with van der Waals surface area (Å²) in [5, 5.41) is 3.87. The highest BCUT2D eigenvalue weighted by molar-refractivity contribution is 9.10. The lowest BCUT2D eigenvalue weighted by Crippen LogP contribution is -2.26. The molecule has 1 aliphatic rings. The topological polar surface area (TPSA) is 46.2 Å². The molecule has 3 nitrogen and oxygen atoms in total. The van der Waals surface area contributed by atoms with Crippen molar-refractivity contribution in [3.8, 4) is 0 Å². The summed E-state index contributed by atoms with van der Waals surface area (Å²) in [6.45, 7) is 0. The van der Waals surface area contributed by atoms with Crippen LogP contribution in [0.4, 0.5) is 0 Å². The average Bonchev–Trinajstić information content (AvgIpc) is 2.65. The third-order valence-electron chi connectivity index (χ3n) is 3.34. The first-order valence-corrected chi connectivity index (χ1v) is 8.75. The van der Waals surface area contributed by atoms with Crippen molar-refractivity contribution in [2.75, 3.05) is 18.6 Å². The van der Waals surface area contributed by atoms with Gasteiger partial charge in [0.1, 0.15) is 0 Å². The number of nitrogens with one attached hydrogen (secondary N) is 1. The molecular formula is C12H15BrClNO2S. The first kappa shape index (κ1) is 14.3. The van der Waals surface area contributed by atoms with E-state index in [-0.39, 0.29) is 23.5 Å². The van der Waals surface area contributed by atoms with E-state index < -0.39 is 9.84 Å². The molecule has 1 aliphatic heterocycles. The van der Waals surface area contributed by atoms with Crippen LogP contribution in [0.15, 0.2) is 22.7 Å². The number of rotatable bonds is 3. The summed E-state index contributed by atoms with van der Waals surface area (Å²) in [6, 6.07) is 5.60. The summed E-state index contributed by atoms with van der Waals surface area (Å²) >= 11 is 9.51. The minimum atomic E-state index is -2.87. The number of halogens is 2. The van der Waals surface area contributed by atoms with Crippen molar-refractivity contribution in [3.63, 3.8) is 0 Å². The van der Waals surface area contributed by atoms with Crippen LogP contribution < -0.4 is 5.32 Å². The highest BCUT2D eigenvalue weighted by atomic mass is 79.9. The minimum Gasteiger partial charge on any atom is -0.313 e. The van der Waals surface area contributed by atoms with Gasteiger partial charge in [0.2, 0.25) is 0 Å². The maximum atomic E-state index is 11.6. The lowest BCUT2D eigenvalue weighted by atomic mass is 9.93. The normalized spacial score (nSPS) is 24.1. The number of hydrogen-bond acceptors (Lipinski definition) is 3. The molecule has 2 atom stereocenters. The Balaban J connectivity index is 2.31. The second-order valence-electron chi connectivity index (χ2n) is 4.60. The van der Waals surface area contributed by atoms with Crippen LogP contribution in [0.1, 0.15) is 18.0 Å². The first-order chi connectivity index (χ1) is 8.43. The van der Waals surface area contributed by atoms with Gasteiger partial charge in [-0.1, -0.05) is 27.5 Å². The standard InChI is InChI=1S/C12H15BrClNO2S/c1-15-12(8-4-5-18(16,17)7-8)10-6-9(14)2-3-11(10)13/h2-3,6,8,12,15H,4-5,7H2,1H3. The fourth-order valence-corrected chi connectivity index (χ4v) is 5.00. The van der Waals surface area contributed by atoms with E-state index in [1.807, 2.05) is 25.2 Å². The fourth-order valence-electron chi connectivity index (χ4n) is 2.48. The van der Waals surface area contributed by atoms with Gasteiger partial charge in [-0.3, -0.25) is 0 Å². The zero-order chi connectivity index (χ0) is 13.3. The number of benzene rings is 1. The van der Waals surface area contributed by atoms with Crippen molar-refractivity contribution >= 4 is 37.4 Å².